The fourth-order valence-corrected chi connectivity index (χ4v) is 2.13. The third kappa shape index (κ3) is 7.00. The van der Waals surface area contributed by atoms with Crippen molar-refractivity contribution in [3.63, 3.8) is 0 Å². The van der Waals surface area contributed by atoms with E-state index in [1.807, 2.05) is 18.2 Å². The first-order valence-electron chi connectivity index (χ1n) is 7.32. The smallest absolute Gasteiger partial charge is 0.276 e. The van der Waals surface area contributed by atoms with Crippen molar-refractivity contribution in [3.8, 4) is 5.75 Å². The molecule has 0 spiro atoms. The number of carbonyl (C=O) groups excluding carboxylic acids is 2. The van der Waals surface area contributed by atoms with Crippen molar-refractivity contribution in [1.82, 2.24) is 10.9 Å². The van der Waals surface area contributed by atoms with Gasteiger partial charge in [0, 0.05) is 6.61 Å². The number of benzene rings is 1. The number of ether oxygens (including phenoxy) is 2. The van der Waals surface area contributed by atoms with Gasteiger partial charge in [0.05, 0.1) is 4.47 Å². The Morgan fingerprint density at radius 1 is 1.13 bits per heavy atom. The maximum absolute atomic E-state index is 11.6. The molecule has 6 nitrogen and oxygen atoms in total. The summed E-state index contributed by atoms with van der Waals surface area (Å²) in [5, 5.41) is 0. The molecule has 0 fully saturated rings. The second-order valence-electron chi connectivity index (χ2n) is 5.92. The molecule has 1 aromatic rings. The predicted octanol–water partition coefficient (Wildman–Crippen LogP) is 2.31. The number of rotatable bonds is 6. The van der Waals surface area contributed by atoms with Crippen molar-refractivity contribution in [1.29, 1.82) is 0 Å². The Morgan fingerprint density at radius 2 is 1.74 bits per heavy atom. The molecule has 0 heterocycles. The minimum Gasteiger partial charge on any atom is -0.483 e. The second-order valence-corrected chi connectivity index (χ2v) is 6.77. The monoisotopic (exact) mass is 386 g/mol. The highest BCUT2D eigenvalue weighted by atomic mass is 79.9. The molecule has 0 aromatic heterocycles. The lowest BCUT2D eigenvalue weighted by Crippen LogP contribution is -2.45. The van der Waals surface area contributed by atoms with E-state index in [-0.39, 0.29) is 18.6 Å². The van der Waals surface area contributed by atoms with E-state index in [0.717, 1.165) is 10.0 Å². The van der Waals surface area contributed by atoms with Crippen LogP contribution in [0.25, 0.3) is 0 Å². The van der Waals surface area contributed by atoms with Crippen LogP contribution in [-0.2, 0) is 19.7 Å². The van der Waals surface area contributed by atoms with Gasteiger partial charge in [-0.05, 0) is 46.0 Å². The van der Waals surface area contributed by atoms with E-state index in [1.165, 1.54) is 0 Å². The van der Waals surface area contributed by atoms with E-state index in [1.54, 1.807) is 6.92 Å². The third-order valence-corrected chi connectivity index (χ3v) is 3.55. The average molecular weight is 387 g/mol. The topological polar surface area (TPSA) is 76.7 Å². The van der Waals surface area contributed by atoms with Crippen LogP contribution in [0.3, 0.4) is 0 Å². The number of hydrogen-bond acceptors (Lipinski definition) is 4. The van der Waals surface area contributed by atoms with Gasteiger partial charge >= 0.3 is 0 Å². The molecule has 23 heavy (non-hydrogen) atoms. The van der Waals surface area contributed by atoms with Gasteiger partial charge in [0.2, 0.25) is 0 Å². The highest BCUT2D eigenvalue weighted by molar-refractivity contribution is 9.10. The first-order valence-corrected chi connectivity index (χ1v) is 8.11. The summed E-state index contributed by atoms with van der Waals surface area (Å²) in [6.45, 7) is 8.26. The predicted molar refractivity (Wildman–Crippen MR) is 91.1 cm³/mol. The lowest BCUT2D eigenvalue weighted by atomic mass is 9.87. The Labute approximate surface area is 145 Å². The zero-order valence-corrected chi connectivity index (χ0v) is 15.5. The van der Waals surface area contributed by atoms with E-state index >= 15 is 0 Å². The van der Waals surface area contributed by atoms with E-state index in [0.29, 0.717) is 12.4 Å². The molecule has 128 valence electrons. The molecule has 0 saturated carbocycles. The van der Waals surface area contributed by atoms with Crippen molar-refractivity contribution >= 4 is 27.7 Å². The fourth-order valence-electron chi connectivity index (χ4n) is 1.63. The summed E-state index contributed by atoms with van der Waals surface area (Å²) in [5.41, 5.74) is 5.69. The zero-order valence-electron chi connectivity index (χ0n) is 13.9. The van der Waals surface area contributed by atoms with Crippen LogP contribution in [-0.4, -0.2) is 31.6 Å². The Morgan fingerprint density at radius 3 is 2.26 bits per heavy atom. The third-order valence-electron chi connectivity index (χ3n) is 2.94. The normalized spacial score (nSPS) is 11.0. The Hall–Kier alpha value is -1.60. The molecule has 0 saturated heterocycles. The maximum Gasteiger partial charge on any atom is 0.276 e. The van der Waals surface area contributed by atoms with Crippen LogP contribution >= 0.6 is 15.9 Å². The van der Waals surface area contributed by atoms with Crippen molar-refractivity contribution in [3.05, 3.63) is 28.2 Å². The molecule has 7 heteroatoms. The highest BCUT2D eigenvalue weighted by Crippen LogP contribution is 2.31. The summed E-state index contributed by atoms with van der Waals surface area (Å²) in [6, 6.07) is 5.74. The van der Waals surface area contributed by atoms with Crippen molar-refractivity contribution < 1.29 is 19.1 Å². The SMILES string of the molecule is CCOCC(=O)NNC(=O)COc1ccc(C(C)(C)C)cc1Br. The van der Waals surface area contributed by atoms with Gasteiger partial charge < -0.3 is 9.47 Å². The Balaban J connectivity index is 2.46. The lowest BCUT2D eigenvalue weighted by molar-refractivity contribution is -0.132. The first kappa shape index (κ1) is 19.4. The minimum absolute atomic E-state index is 0.0310. The molecular formula is C16H23BrN2O4. The number of amides is 2. The molecule has 0 aliphatic carbocycles. The molecule has 0 aliphatic heterocycles. The number of hydrogen-bond donors (Lipinski definition) is 2. The largest absolute Gasteiger partial charge is 0.483 e. The number of carbonyl (C=O) groups is 2. The van der Waals surface area contributed by atoms with Crippen molar-refractivity contribution in [2.24, 2.45) is 0 Å². The fraction of sp³-hybridized carbons (Fsp3) is 0.500. The van der Waals surface area contributed by atoms with Gasteiger partial charge in [-0.3, -0.25) is 20.4 Å². The molecular weight excluding hydrogens is 364 g/mol. The van der Waals surface area contributed by atoms with Gasteiger partial charge in [0.1, 0.15) is 12.4 Å². The van der Waals surface area contributed by atoms with Crippen LogP contribution < -0.4 is 15.6 Å². The summed E-state index contributed by atoms with van der Waals surface area (Å²) >= 11 is 3.44. The summed E-state index contributed by atoms with van der Waals surface area (Å²) in [6.07, 6.45) is 0. The van der Waals surface area contributed by atoms with Gasteiger partial charge in [-0.15, -0.1) is 0 Å². The van der Waals surface area contributed by atoms with Gasteiger partial charge in [0.25, 0.3) is 11.8 Å². The zero-order chi connectivity index (χ0) is 17.5. The van der Waals surface area contributed by atoms with Gasteiger partial charge in [-0.2, -0.15) is 0 Å². The van der Waals surface area contributed by atoms with Crippen LogP contribution in [0.2, 0.25) is 0 Å². The first-order chi connectivity index (χ1) is 10.7. The van der Waals surface area contributed by atoms with Crippen LogP contribution in [0.5, 0.6) is 5.75 Å². The summed E-state index contributed by atoms with van der Waals surface area (Å²) in [7, 11) is 0. The average Bonchev–Trinajstić information content (AvgIpc) is 2.48. The molecule has 0 aliphatic rings. The molecule has 2 amide bonds. The summed E-state index contributed by atoms with van der Waals surface area (Å²) in [5.74, 6) is -0.314. The molecule has 0 unspecified atom stereocenters. The Kier molecular flexibility index (Phi) is 7.51. The van der Waals surface area contributed by atoms with Crippen LogP contribution in [0.15, 0.2) is 22.7 Å². The summed E-state index contributed by atoms with van der Waals surface area (Å²) in [4.78, 5) is 22.9. The standard InChI is InChI=1S/C16H23BrN2O4/c1-5-22-9-14(20)18-19-15(21)10-23-13-7-6-11(8-12(13)17)16(2,3)4/h6-8H,5,9-10H2,1-4H3,(H,18,20)(H,19,21). The van der Waals surface area contributed by atoms with E-state index in [9.17, 15) is 9.59 Å². The molecule has 0 bridgehead atoms. The summed E-state index contributed by atoms with van der Waals surface area (Å²) < 4.78 is 11.1. The van der Waals surface area contributed by atoms with E-state index < -0.39 is 11.8 Å². The number of halogens is 1. The van der Waals surface area contributed by atoms with E-state index in [4.69, 9.17) is 9.47 Å². The number of hydrazine groups is 1. The molecule has 0 atom stereocenters. The molecule has 2 N–H and O–H groups in total. The molecule has 1 rings (SSSR count). The highest BCUT2D eigenvalue weighted by Gasteiger charge is 2.15. The van der Waals surface area contributed by atoms with Gasteiger partial charge in [-0.25, -0.2) is 0 Å². The quantitative estimate of drug-likeness (QED) is 0.735. The lowest BCUT2D eigenvalue weighted by Gasteiger charge is -2.20. The van der Waals surface area contributed by atoms with Crippen LogP contribution in [0, 0.1) is 0 Å². The van der Waals surface area contributed by atoms with Crippen molar-refractivity contribution in [2.45, 2.75) is 33.1 Å². The van der Waals surface area contributed by atoms with Crippen LogP contribution in [0.1, 0.15) is 33.3 Å². The second kappa shape index (κ2) is 8.88. The Bertz CT molecular complexity index is 556. The van der Waals surface area contributed by atoms with E-state index in [2.05, 4.69) is 47.6 Å². The van der Waals surface area contributed by atoms with Gasteiger partial charge in [0.15, 0.2) is 6.61 Å². The minimum atomic E-state index is -0.457. The van der Waals surface area contributed by atoms with Crippen LogP contribution in [0.4, 0.5) is 0 Å². The molecule has 1 aromatic carbocycles. The maximum atomic E-state index is 11.6. The molecule has 0 radical (unpaired) electrons. The van der Waals surface area contributed by atoms with Crippen molar-refractivity contribution in [2.75, 3.05) is 19.8 Å². The number of nitrogens with one attached hydrogen (secondary N) is 2. The van der Waals surface area contributed by atoms with Gasteiger partial charge in [-0.1, -0.05) is 26.8 Å².